The summed E-state index contributed by atoms with van der Waals surface area (Å²) in [4.78, 5) is 11.7. The van der Waals surface area contributed by atoms with Gasteiger partial charge >= 0.3 is 5.97 Å². The summed E-state index contributed by atoms with van der Waals surface area (Å²) < 4.78 is 36.7. The van der Waals surface area contributed by atoms with Crippen LogP contribution in [0.25, 0.3) is 0 Å². The van der Waals surface area contributed by atoms with E-state index in [9.17, 15) is 18.3 Å². The monoisotopic (exact) mass is 518 g/mol. The van der Waals surface area contributed by atoms with Crippen LogP contribution in [-0.2, 0) is 23.8 Å². The lowest BCUT2D eigenvalue weighted by Gasteiger charge is -2.60. The van der Waals surface area contributed by atoms with E-state index in [-0.39, 0.29) is 40.3 Å². The fraction of sp³-hybridized carbons (Fsp3) is 0.759. The molecule has 200 valence electrons. The van der Waals surface area contributed by atoms with Crippen LogP contribution in [0.15, 0.2) is 29.2 Å². The predicted molar refractivity (Wildman–Crippen MR) is 136 cm³/mol. The van der Waals surface area contributed by atoms with Crippen LogP contribution < -0.4 is 0 Å². The Morgan fingerprint density at radius 1 is 1.00 bits per heavy atom. The van der Waals surface area contributed by atoms with Gasteiger partial charge in [0.1, 0.15) is 6.10 Å². The summed E-state index contributed by atoms with van der Waals surface area (Å²) in [7, 11) is -3.85. The Bertz CT molecular complexity index is 1080. The van der Waals surface area contributed by atoms with E-state index in [4.69, 9.17) is 8.92 Å². The third kappa shape index (κ3) is 4.43. The second-order valence-electron chi connectivity index (χ2n) is 12.7. The maximum atomic E-state index is 12.8. The standard InChI is InChI=1S/C29H42O6S/c1-18-5-8-23(9-6-18)36(32,33)34-17-20-15-26-24-10-7-21-16-22(35-19(2)30)11-13-28(21,3)25(24)12-14-29(26,4)27(20)31/h5-6,8-9,20-22,24-27,31H,7,10-17H2,1-4H3/t20-,21+,22+,24-,25+,26+,27+,28+,29+/m1/s1. The number of carbonyl (C=O) groups excluding carboxylic acids is 1. The Morgan fingerprint density at radius 3 is 2.39 bits per heavy atom. The first-order chi connectivity index (χ1) is 16.9. The molecule has 0 heterocycles. The molecule has 4 aliphatic carbocycles. The highest BCUT2D eigenvalue weighted by Crippen LogP contribution is 2.67. The van der Waals surface area contributed by atoms with Crippen molar-refractivity contribution in [2.24, 2.45) is 40.4 Å². The first kappa shape index (κ1) is 26.2. The first-order valence-corrected chi connectivity index (χ1v) is 15.2. The molecule has 9 atom stereocenters. The topological polar surface area (TPSA) is 89.9 Å². The molecule has 1 aromatic carbocycles. The summed E-state index contributed by atoms with van der Waals surface area (Å²) in [5.74, 6) is 1.75. The van der Waals surface area contributed by atoms with Crippen molar-refractivity contribution < 1.29 is 27.2 Å². The van der Waals surface area contributed by atoms with Crippen molar-refractivity contribution in [2.45, 2.75) is 96.2 Å². The van der Waals surface area contributed by atoms with Crippen LogP contribution in [0.3, 0.4) is 0 Å². The molecule has 1 N–H and O–H groups in total. The highest BCUT2D eigenvalue weighted by molar-refractivity contribution is 7.86. The normalized spacial score (nSPS) is 42.2. The van der Waals surface area contributed by atoms with Crippen molar-refractivity contribution in [3.05, 3.63) is 29.8 Å². The van der Waals surface area contributed by atoms with Crippen LogP contribution in [0.1, 0.15) is 77.7 Å². The summed E-state index contributed by atoms with van der Waals surface area (Å²) in [6.45, 7) is 8.14. The van der Waals surface area contributed by atoms with Gasteiger partial charge in [0.05, 0.1) is 17.6 Å². The lowest BCUT2D eigenvalue weighted by Crippen LogP contribution is -2.54. The maximum Gasteiger partial charge on any atom is 0.302 e. The van der Waals surface area contributed by atoms with E-state index in [1.165, 1.54) is 6.92 Å². The van der Waals surface area contributed by atoms with Gasteiger partial charge in [0, 0.05) is 12.8 Å². The molecule has 1 aromatic rings. The number of benzene rings is 1. The highest BCUT2D eigenvalue weighted by Gasteiger charge is 2.62. The number of hydrogen-bond donors (Lipinski definition) is 1. The molecule has 0 bridgehead atoms. The van der Waals surface area contributed by atoms with Gasteiger partial charge in [-0.3, -0.25) is 8.98 Å². The molecule has 4 fully saturated rings. The second-order valence-corrected chi connectivity index (χ2v) is 14.3. The van der Waals surface area contributed by atoms with Crippen LogP contribution in [0.2, 0.25) is 0 Å². The molecule has 0 saturated heterocycles. The number of ether oxygens (including phenoxy) is 1. The van der Waals surface area contributed by atoms with E-state index in [1.54, 1.807) is 24.3 Å². The van der Waals surface area contributed by atoms with Gasteiger partial charge in [0.15, 0.2) is 0 Å². The Labute approximate surface area is 216 Å². The zero-order chi connectivity index (χ0) is 25.9. The molecule has 0 aromatic heterocycles. The summed E-state index contributed by atoms with van der Waals surface area (Å²) in [6.07, 6.45) is 7.67. The third-order valence-corrected chi connectivity index (χ3v) is 12.1. The molecule has 36 heavy (non-hydrogen) atoms. The maximum absolute atomic E-state index is 12.8. The molecular formula is C29H42O6S. The van der Waals surface area contributed by atoms with Gasteiger partial charge in [-0.1, -0.05) is 31.5 Å². The summed E-state index contributed by atoms with van der Waals surface area (Å²) in [5, 5.41) is 11.4. The van der Waals surface area contributed by atoms with Crippen molar-refractivity contribution in [2.75, 3.05) is 6.61 Å². The first-order valence-electron chi connectivity index (χ1n) is 13.8. The Kier molecular flexibility index (Phi) is 6.83. The molecule has 0 radical (unpaired) electrons. The van der Waals surface area contributed by atoms with Gasteiger partial charge < -0.3 is 9.84 Å². The number of esters is 1. The van der Waals surface area contributed by atoms with Gasteiger partial charge in [-0.05, 0) is 105 Å². The third-order valence-electron chi connectivity index (χ3n) is 10.8. The van der Waals surface area contributed by atoms with Crippen molar-refractivity contribution in [3.8, 4) is 0 Å². The van der Waals surface area contributed by atoms with Crippen LogP contribution in [-0.4, -0.2) is 38.3 Å². The number of carbonyl (C=O) groups is 1. The number of fused-ring (bicyclic) bond motifs is 5. The summed E-state index contributed by atoms with van der Waals surface area (Å²) >= 11 is 0. The fourth-order valence-corrected chi connectivity index (χ4v) is 9.78. The molecule has 0 aliphatic heterocycles. The number of hydrogen-bond acceptors (Lipinski definition) is 6. The highest BCUT2D eigenvalue weighted by atomic mass is 32.2. The zero-order valence-electron chi connectivity index (χ0n) is 22.1. The van der Waals surface area contributed by atoms with Gasteiger partial charge in [-0.2, -0.15) is 8.42 Å². The van der Waals surface area contributed by atoms with Gasteiger partial charge in [0.2, 0.25) is 0 Å². The van der Waals surface area contributed by atoms with Crippen molar-refractivity contribution in [1.82, 2.24) is 0 Å². The zero-order valence-corrected chi connectivity index (χ0v) is 22.9. The predicted octanol–water partition coefficient (Wildman–Crippen LogP) is 5.26. The molecule has 0 unspecified atom stereocenters. The molecule has 0 amide bonds. The van der Waals surface area contributed by atoms with E-state index in [1.807, 2.05) is 6.92 Å². The van der Waals surface area contributed by atoms with E-state index in [0.29, 0.717) is 23.7 Å². The Hall–Kier alpha value is -1.44. The van der Waals surface area contributed by atoms with E-state index >= 15 is 0 Å². The number of aryl methyl sites for hydroxylation is 1. The Morgan fingerprint density at radius 2 is 1.69 bits per heavy atom. The molecule has 6 nitrogen and oxygen atoms in total. The van der Waals surface area contributed by atoms with Crippen LogP contribution in [0, 0.1) is 47.3 Å². The molecule has 5 rings (SSSR count). The average Bonchev–Trinajstić information content (AvgIpc) is 3.08. The van der Waals surface area contributed by atoms with Crippen molar-refractivity contribution in [1.29, 1.82) is 0 Å². The smallest absolute Gasteiger partial charge is 0.302 e. The molecule has 7 heteroatoms. The van der Waals surface area contributed by atoms with Crippen molar-refractivity contribution in [3.63, 3.8) is 0 Å². The van der Waals surface area contributed by atoms with Gasteiger partial charge in [0.25, 0.3) is 10.1 Å². The minimum Gasteiger partial charge on any atom is -0.463 e. The van der Waals surface area contributed by atoms with Crippen LogP contribution in [0.4, 0.5) is 0 Å². The minimum absolute atomic E-state index is 0.0326. The van der Waals surface area contributed by atoms with Crippen LogP contribution >= 0.6 is 0 Å². The summed E-state index contributed by atoms with van der Waals surface area (Å²) in [6, 6.07) is 6.70. The van der Waals surface area contributed by atoms with E-state index in [2.05, 4.69) is 13.8 Å². The molecule has 4 saturated carbocycles. The summed E-state index contributed by atoms with van der Waals surface area (Å²) in [5.41, 5.74) is 1.05. The van der Waals surface area contributed by atoms with Gasteiger partial charge in [-0.15, -0.1) is 0 Å². The molecule has 0 spiro atoms. The van der Waals surface area contributed by atoms with Gasteiger partial charge in [-0.25, -0.2) is 0 Å². The number of aliphatic hydroxyl groups is 1. The number of aliphatic hydroxyl groups excluding tert-OH is 1. The second kappa shape index (κ2) is 9.39. The average molecular weight is 519 g/mol. The quantitative estimate of drug-likeness (QED) is 0.422. The molecule has 4 aliphatic rings. The fourth-order valence-electron chi connectivity index (χ4n) is 8.82. The number of rotatable bonds is 5. The SMILES string of the molecule is CC(=O)O[C@H]1CC[C@@]2(C)[C@@H](CC[C@@H]3[C@@H]2CC[C@]2(C)[C@@H](O)[C@@H](COS(=O)(=O)c4ccc(C)cc4)C[C@@H]32)C1. The largest absolute Gasteiger partial charge is 0.463 e. The lowest BCUT2D eigenvalue weighted by atomic mass is 9.45. The van der Waals surface area contributed by atoms with E-state index < -0.39 is 16.2 Å². The molecular weight excluding hydrogens is 476 g/mol. The lowest BCUT2D eigenvalue weighted by molar-refractivity contribution is -0.161. The van der Waals surface area contributed by atoms with Crippen LogP contribution in [0.5, 0.6) is 0 Å². The minimum atomic E-state index is -3.85. The van der Waals surface area contributed by atoms with Crippen molar-refractivity contribution >= 4 is 16.1 Å². The van der Waals surface area contributed by atoms with E-state index in [0.717, 1.165) is 56.9 Å². The Balaban J connectivity index is 1.28.